The van der Waals surface area contributed by atoms with Crippen LogP contribution in [-0.2, 0) is 31.7 Å². The van der Waals surface area contributed by atoms with Crippen LogP contribution in [0.5, 0.6) is 0 Å². The van der Waals surface area contributed by atoms with Crippen molar-refractivity contribution in [2.45, 2.75) is 63.8 Å². The Morgan fingerprint density at radius 2 is 1.91 bits per heavy atom. The molecule has 0 aliphatic heterocycles. The number of rotatable bonds is 9. The molecule has 35 heavy (non-hydrogen) atoms. The summed E-state index contributed by atoms with van der Waals surface area (Å²) >= 11 is 0. The molecule has 1 N–H and O–H groups in total. The molecule has 184 valence electrons. The fraction of sp³-hybridized carbons (Fsp3) is 0.478. The molecule has 3 aromatic heterocycles. The van der Waals surface area contributed by atoms with E-state index in [1.165, 1.54) is 55.5 Å². The summed E-state index contributed by atoms with van der Waals surface area (Å²) in [6, 6.07) is 3.08. The van der Waals surface area contributed by atoms with E-state index in [1.54, 1.807) is 21.9 Å². The van der Waals surface area contributed by atoms with Gasteiger partial charge < -0.3 is 5.11 Å². The topological polar surface area (TPSA) is 112 Å². The minimum atomic E-state index is -1.76. The Balaban J connectivity index is 1.30. The molecule has 4 aromatic rings. The van der Waals surface area contributed by atoms with Crippen LogP contribution in [0.4, 0.5) is 8.78 Å². The lowest BCUT2D eigenvalue weighted by Crippen LogP contribution is -2.35. The van der Waals surface area contributed by atoms with Gasteiger partial charge in [-0.2, -0.15) is 20.1 Å². The van der Waals surface area contributed by atoms with Crippen LogP contribution < -0.4 is 0 Å². The molecule has 0 spiro atoms. The molecule has 1 saturated carbocycles. The first-order valence-corrected chi connectivity index (χ1v) is 11.8. The Morgan fingerprint density at radius 3 is 2.69 bits per heavy atom. The average molecular weight is 484 g/mol. The lowest BCUT2D eigenvalue weighted by Gasteiger charge is -2.28. The van der Waals surface area contributed by atoms with Gasteiger partial charge in [-0.25, -0.2) is 23.1 Å². The number of nitrogens with zero attached hydrogens (tertiary/aromatic N) is 9. The normalized spacial score (nSPS) is 16.4. The fourth-order valence-electron chi connectivity index (χ4n) is 4.79. The van der Waals surface area contributed by atoms with Gasteiger partial charge in [0.05, 0.1) is 30.3 Å². The molecule has 1 unspecified atom stereocenters. The molecule has 0 radical (unpaired) electrons. The van der Waals surface area contributed by atoms with E-state index in [9.17, 15) is 13.9 Å². The summed E-state index contributed by atoms with van der Waals surface area (Å²) in [5, 5.41) is 32.7. The molecule has 0 saturated heterocycles. The highest BCUT2D eigenvalue weighted by molar-refractivity contribution is 5.26. The van der Waals surface area contributed by atoms with Crippen molar-refractivity contribution in [1.29, 1.82) is 0 Å². The van der Waals surface area contributed by atoms with Crippen LogP contribution in [0.25, 0.3) is 0 Å². The number of hydrogen-bond acceptors (Lipinski definition) is 7. The second-order valence-electron chi connectivity index (χ2n) is 9.23. The Kier molecular flexibility index (Phi) is 6.62. The molecule has 1 aliphatic rings. The van der Waals surface area contributed by atoms with Gasteiger partial charge in [0.2, 0.25) is 0 Å². The molecule has 1 aromatic carbocycles. The first-order valence-electron chi connectivity index (χ1n) is 11.8. The summed E-state index contributed by atoms with van der Waals surface area (Å²) in [6.45, 7) is 0.151. The Bertz CT molecular complexity index is 1250. The third-order valence-electron chi connectivity index (χ3n) is 6.46. The first-order chi connectivity index (χ1) is 17.0. The first kappa shape index (κ1) is 23.2. The zero-order valence-corrected chi connectivity index (χ0v) is 19.2. The van der Waals surface area contributed by atoms with Crippen molar-refractivity contribution < 1.29 is 13.9 Å². The lowest BCUT2D eigenvalue weighted by atomic mass is 9.86. The van der Waals surface area contributed by atoms with Crippen molar-refractivity contribution in [2.24, 2.45) is 5.92 Å². The number of aromatic nitrogens is 9. The SMILES string of the molecule is OC(Cc1cn(Cn2ncc(CC3CCCCC3)n2)nn1)(Cn1cncn1)c1ccc(F)cc1F. The summed E-state index contributed by atoms with van der Waals surface area (Å²) in [4.78, 5) is 5.42. The van der Waals surface area contributed by atoms with E-state index in [-0.39, 0.29) is 25.2 Å². The van der Waals surface area contributed by atoms with Gasteiger partial charge in [0, 0.05) is 18.1 Å². The number of benzene rings is 1. The molecule has 0 bridgehead atoms. The van der Waals surface area contributed by atoms with Crippen molar-refractivity contribution >= 4 is 0 Å². The van der Waals surface area contributed by atoms with Gasteiger partial charge in [0.1, 0.15) is 29.9 Å². The smallest absolute Gasteiger partial charge is 0.154 e. The Morgan fingerprint density at radius 1 is 1.06 bits per heavy atom. The van der Waals surface area contributed by atoms with Gasteiger partial charge >= 0.3 is 0 Å². The van der Waals surface area contributed by atoms with Gasteiger partial charge in [-0.05, 0) is 18.4 Å². The Labute approximate surface area is 200 Å². The maximum Gasteiger partial charge on any atom is 0.154 e. The zero-order valence-electron chi connectivity index (χ0n) is 19.2. The maximum atomic E-state index is 14.6. The molecule has 5 rings (SSSR count). The highest BCUT2D eigenvalue weighted by Crippen LogP contribution is 2.30. The third-order valence-corrected chi connectivity index (χ3v) is 6.46. The van der Waals surface area contributed by atoms with Crippen molar-refractivity contribution in [1.82, 2.24) is 44.8 Å². The van der Waals surface area contributed by atoms with E-state index in [2.05, 4.69) is 30.6 Å². The van der Waals surface area contributed by atoms with Crippen LogP contribution in [-0.4, -0.2) is 49.9 Å². The molecule has 1 aliphatic carbocycles. The second-order valence-corrected chi connectivity index (χ2v) is 9.23. The summed E-state index contributed by atoms with van der Waals surface area (Å²) in [5.41, 5.74) is -0.439. The standard InChI is InChI=1S/C23H27F2N9O/c24-18-6-7-21(22(25)9-18)23(35,13-33-15-26-14-28-33)10-20-12-32(31-29-20)16-34-27-11-19(30-34)8-17-4-2-1-3-5-17/h6-7,9,11-12,14-15,17,35H,1-5,8,10,13,16H2. The predicted octanol–water partition coefficient (Wildman–Crippen LogP) is 2.50. The summed E-state index contributed by atoms with van der Waals surface area (Å²) in [7, 11) is 0. The molecular weight excluding hydrogens is 456 g/mol. The predicted molar refractivity (Wildman–Crippen MR) is 120 cm³/mol. The summed E-state index contributed by atoms with van der Waals surface area (Å²) < 4.78 is 31.1. The third kappa shape index (κ3) is 5.59. The minimum absolute atomic E-state index is 0.0648. The molecule has 0 amide bonds. The van der Waals surface area contributed by atoms with Crippen LogP contribution in [0.3, 0.4) is 0 Å². The second kappa shape index (κ2) is 9.98. The van der Waals surface area contributed by atoms with Crippen molar-refractivity contribution in [3.63, 3.8) is 0 Å². The highest BCUT2D eigenvalue weighted by atomic mass is 19.1. The van der Waals surface area contributed by atoms with Gasteiger partial charge in [-0.1, -0.05) is 43.4 Å². The van der Waals surface area contributed by atoms with E-state index in [4.69, 9.17) is 0 Å². The molecule has 3 heterocycles. The fourth-order valence-corrected chi connectivity index (χ4v) is 4.79. The van der Waals surface area contributed by atoms with Gasteiger partial charge in [0.25, 0.3) is 0 Å². The largest absolute Gasteiger partial charge is 0.383 e. The van der Waals surface area contributed by atoms with Gasteiger partial charge in [-0.3, -0.25) is 0 Å². The molecule has 12 heteroatoms. The van der Waals surface area contributed by atoms with Crippen LogP contribution >= 0.6 is 0 Å². The van der Waals surface area contributed by atoms with Gasteiger partial charge in [-0.15, -0.1) is 5.10 Å². The lowest BCUT2D eigenvalue weighted by molar-refractivity contribution is 0.0107. The van der Waals surface area contributed by atoms with Crippen molar-refractivity contribution in [3.05, 3.63) is 71.8 Å². The molecule has 10 nitrogen and oxygen atoms in total. The zero-order chi connectivity index (χ0) is 24.3. The number of hydrogen-bond donors (Lipinski definition) is 1. The van der Waals surface area contributed by atoms with E-state index in [0.29, 0.717) is 11.6 Å². The molecule has 1 atom stereocenters. The van der Waals surface area contributed by atoms with Crippen LogP contribution in [0.1, 0.15) is 49.1 Å². The average Bonchev–Trinajstić information content (AvgIpc) is 3.58. The Hall–Kier alpha value is -3.54. The van der Waals surface area contributed by atoms with E-state index >= 15 is 0 Å². The van der Waals surface area contributed by atoms with Crippen LogP contribution in [0.15, 0.2) is 43.2 Å². The molecular formula is C23H27F2N9O. The van der Waals surface area contributed by atoms with Crippen LogP contribution in [0.2, 0.25) is 0 Å². The molecule has 1 fully saturated rings. The summed E-state index contributed by atoms with van der Waals surface area (Å²) in [5.74, 6) is -0.914. The number of aliphatic hydroxyl groups is 1. The van der Waals surface area contributed by atoms with E-state index < -0.39 is 17.2 Å². The van der Waals surface area contributed by atoms with Crippen LogP contribution in [0, 0.1) is 17.6 Å². The van der Waals surface area contributed by atoms with Crippen molar-refractivity contribution in [3.8, 4) is 0 Å². The van der Waals surface area contributed by atoms with Crippen molar-refractivity contribution in [2.75, 3.05) is 0 Å². The minimum Gasteiger partial charge on any atom is -0.383 e. The van der Waals surface area contributed by atoms with Gasteiger partial charge in [0.15, 0.2) is 6.67 Å². The van der Waals surface area contributed by atoms with E-state index in [0.717, 1.165) is 24.2 Å². The monoisotopic (exact) mass is 483 g/mol. The van der Waals surface area contributed by atoms with E-state index in [1.807, 2.05) is 0 Å². The summed E-state index contributed by atoms with van der Waals surface area (Å²) in [6.07, 6.45) is 13.4. The number of halogens is 2. The maximum absolute atomic E-state index is 14.6. The highest BCUT2D eigenvalue weighted by Gasteiger charge is 2.35. The quantitative estimate of drug-likeness (QED) is 0.389.